The molecule has 2 atom stereocenters. The average molecular weight is 323 g/mol. The first-order valence-corrected chi connectivity index (χ1v) is 9.16. The Balaban J connectivity index is 1.47. The van der Waals surface area contributed by atoms with Crippen molar-refractivity contribution in [1.29, 1.82) is 5.26 Å². The van der Waals surface area contributed by atoms with Gasteiger partial charge in [0.05, 0.1) is 12.6 Å². The topological polar surface area (TPSA) is 56.1 Å². The summed E-state index contributed by atoms with van der Waals surface area (Å²) in [5.74, 6) is 0.329. The zero-order valence-electron chi connectivity index (χ0n) is 14.3. The molecular weight excluding hydrogens is 298 g/mol. The molecule has 0 radical (unpaired) electrons. The van der Waals surface area contributed by atoms with E-state index in [1.165, 1.54) is 24.0 Å². The van der Waals surface area contributed by atoms with Gasteiger partial charge in [-0.1, -0.05) is 24.3 Å². The summed E-state index contributed by atoms with van der Waals surface area (Å²) in [7, 11) is 0. The maximum absolute atomic E-state index is 12.7. The van der Waals surface area contributed by atoms with Gasteiger partial charge in [-0.3, -0.25) is 9.69 Å². The number of fused-ring (bicyclic) bond motifs is 1. The Morgan fingerprint density at radius 2 is 2.04 bits per heavy atom. The van der Waals surface area contributed by atoms with Crippen LogP contribution in [0.1, 0.15) is 56.2 Å². The van der Waals surface area contributed by atoms with Crippen LogP contribution in [0.5, 0.6) is 0 Å². The smallest absolute Gasteiger partial charge is 0.235 e. The standard InChI is InChI=1S/C20H25N3O/c1-20(13-21,15-7-8-15)22-19(24)12-23(16-9-10-16)18-11-6-14-4-2-3-5-17(14)18/h2-5,15-16,18H,6-12H2,1H3,(H,22,24). The lowest BCUT2D eigenvalue weighted by Gasteiger charge is -2.31. The van der Waals surface area contributed by atoms with Crippen molar-refractivity contribution in [3.8, 4) is 6.07 Å². The Bertz CT molecular complexity index is 686. The van der Waals surface area contributed by atoms with Gasteiger partial charge in [-0.25, -0.2) is 0 Å². The van der Waals surface area contributed by atoms with E-state index in [1.54, 1.807) is 0 Å². The Morgan fingerprint density at radius 3 is 2.71 bits per heavy atom. The number of benzene rings is 1. The quantitative estimate of drug-likeness (QED) is 0.875. The van der Waals surface area contributed by atoms with Crippen molar-refractivity contribution < 1.29 is 4.79 Å². The summed E-state index contributed by atoms with van der Waals surface area (Å²) < 4.78 is 0. The minimum Gasteiger partial charge on any atom is -0.337 e. The van der Waals surface area contributed by atoms with Crippen molar-refractivity contribution >= 4 is 5.91 Å². The third-order valence-corrected chi connectivity index (χ3v) is 5.87. The van der Waals surface area contributed by atoms with Crippen LogP contribution in [0.3, 0.4) is 0 Å². The average Bonchev–Trinajstić information content (AvgIpc) is 3.48. The molecule has 4 nitrogen and oxygen atoms in total. The second-order valence-electron chi connectivity index (χ2n) is 7.79. The monoisotopic (exact) mass is 323 g/mol. The highest BCUT2D eigenvalue weighted by Crippen LogP contribution is 2.42. The fourth-order valence-corrected chi connectivity index (χ4v) is 4.16. The van der Waals surface area contributed by atoms with E-state index in [9.17, 15) is 10.1 Å². The van der Waals surface area contributed by atoms with Crippen LogP contribution in [0, 0.1) is 17.2 Å². The SMILES string of the molecule is CC(C#N)(NC(=O)CN(C1CC1)C1CCc2ccccc21)C1CC1. The Hall–Kier alpha value is -1.86. The molecule has 0 aliphatic heterocycles. The number of amides is 1. The fraction of sp³-hybridized carbons (Fsp3) is 0.600. The van der Waals surface area contributed by atoms with Crippen LogP contribution in [0.2, 0.25) is 0 Å². The van der Waals surface area contributed by atoms with Gasteiger partial charge >= 0.3 is 0 Å². The lowest BCUT2D eigenvalue weighted by Crippen LogP contribution is -2.50. The summed E-state index contributed by atoms with van der Waals surface area (Å²) in [6.45, 7) is 2.28. The van der Waals surface area contributed by atoms with Crippen molar-refractivity contribution in [2.75, 3.05) is 6.54 Å². The Morgan fingerprint density at radius 1 is 1.29 bits per heavy atom. The van der Waals surface area contributed by atoms with Crippen molar-refractivity contribution in [3.05, 3.63) is 35.4 Å². The first-order chi connectivity index (χ1) is 11.6. The lowest BCUT2D eigenvalue weighted by atomic mass is 9.98. The number of carbonyl (C=O) groups is 1. The number of nitrogens with zero attached hydrogens (tertiary/aromatic N) is 2. The van der Waals surface area contributed by atoms with Gasteiger partial charge in [0.15, 0.2) is 0 Å². The highest BCUT2D eigenvalue weighted by atomic mass is 16.2. The van der Waals surface area contributed by atoms with E-state index in [4.69, 9.17) is 0 Å². The number of hydrogen-bond donors (Lipinski definition) is 1. The molecule has 1 amide bonds. The molecule has 1 aromatic carbocycles. The molecule has 1 aromatic rings. The van der Waals surface area contributed by atoms with E-state index < -0.39 is 5.54 Å². The summed E-state index contributed by atoms with van der Waals surface area (Å²) in [4.78, 5) is 15.0. The molecule has 24 heavy (non-hydrogen) atoms. The third kappa shape index (κ3) is 2.93. The number of nitrogens with one attached hydrogen (secondary N) is 1. The first kappa shape index (κ1) is 15.7. The molecule has 0 spiro atoms. The zero-order valence-corrected chi connectivity index (χ0v) is 14.3. The van der Waals surface area contributed by atoms with Gasteiger partial charge in [-0.15, -0.1) is 0 Å². The predicted octanol–water partition coefficient (Wildman–Crippen LogP) is 2.95. The maximum atomic E-state index is 12.7. The summed E-state index contributed by atoms with van der Waals surface area (Å²) in [6, 6.07) is 11.8. The summed E-state index contributed by atoms with van der Waals surface area (Å²) in [5, 5.41) is 12.5. The number of nitriles is 1. The summed E-state index contributed by atoms with van der Waals surface area (Å²) >= 11 is 0. The highest BCUT2D eigenvalue weighted by molar-refractivity contribution is 5.79. The molecule has 126 valence electrons. The van der Waals surface area contributed by atoms with E-state index in [1.807, 2.05) is 6.92 Å². The maximum Gasteiger partial charge on any atom is 0.235 e. The molecule has 2 saturated carbocycles. The molecule has 3 aliphatic rings. The van der Waals surface area contributed by atoms with E-state index in [-0.39, 0.29) is 5.91 Å². The fourth-order valence-electron chi connectivity index (χ4n) is 4.16. The molecule has 0 heterocycles. The number of hydrogen-bond acceptors (Lipinski definition) is 3. The minimum absolute atomic E-state index is 0.00207. The molecule has 4 heteroatoms. The summed E-state index contributed by atoms with van der Waals surface area (Å²) in [5.41, 5.74) is 2.12. The number of rotatable bonds is 6. The molecule has 0 saturated heterocycles. The van der Waals surface area contributed by atoms with Crippen molar-refractivity contribution in [2.24, 2.45) is 5.92 Å². The van der Waals surface area contributed by atoms with E-state index in [0.29, 0.717) is 24.5 Å². The molecule has 0 bridgehead atoms. The van der Waals surface area contributed by atoms with Gasteiger partial charge in [0, 0.05) is 12.1 Å². The van der Waals surface area contributed by atoms with Crippen LogP contribution in [0.4, 0.5) is 0 Å². The van der Waals surface area contributed by atoms with Gasteiger partial charge in [0.1, 0.15) is 5.54 Å². The van der Waals surface area contributed by atoms with E-state index >= 15 is 0 Å². The molecule has 3 aliphatic carbocycles. The van der Waals surface area contributed by atoms with Crippen LogP contribution < -0.4 is 5.32 Å². The normalized spacial score (nSPS) is 25.0. The van der Waals surface area contributed by atoms with Gasteiger partial charge in [-0.05, 0) is 62.5 Å². The van der Waals surface area contributed by atoms with Crippen molar-refractivity contribution in [3.63, 3.8) is 0 Å². The Labute approximate surface area is 143 Å². The Kier molecular flexibility index (Phi) is 3.85. The predicted molar refractivity (Wildman–Crippen MR) is 92.1 cm³/mol. The highest BCUT2D eigenvalue weighted by Gasteiger charge is 2.44. The van der Waals surface area contributed by atoms with Crippen LogP contribution in [0.15, 0.2) is 24.3 Å². The van der Waals surface area contributed by atoms with Gasteiger partial charge in [0.2, 0.25) is 5.91 Å². The number of carbonyl (C=O) groups excluding carboxylic acids is 1. The summed E-state index contributed by atoms with van der Waals surface area (Å²) in [6.07, 6.45) is 6.67. The lowest BCUT2D eigenvalue weighted by molar-refractivity contribution is -0.124. The molecule has 2 unspecified atom stereocenters. The van der Waals surface area contributed by atoms with Gasteiger partial charge in [-0.2, -0.15) is 5.26 Å². The van der Waals surface area contributed by atoms with Crippen molar-refractivity contribution in [2.45, 2.75) is 63.1 Å². The molecule has 4 rings (SSSR count). The second kappa shape index (κ2) is 5.89. The first-order valence-electron chi connectivity index (χ1n) is 9.16. The van der Waals surface area contributed by atoms with Gasteiger partial charge < -0.3 is 5.32 Å². The largest absolute Gasteiger partial charge is 0.337 e. The molecule has 2 fully saturated rings. The molecule has 1 N–H and O–H groups in total. The van der Waals surface area contributed by atoms with Gasteiger partial charge in [0.25, 0.3) is 0 Å². The third-order valence-electron chi connectivity index (χ3n) is 5.87. The van der Waals surface area contributed by atoms with E-state index in [2.05, 4.69) is 40.6 Å². The van der Waals surface area contributed by atoms with E-state index in [0.717, 1.165) is 25.7 Å². The van der Waals surface area contributed by atoms with Crippen molar-refractivity contribution in [1.82, 2.24) is 10.2 Å². The second-order valence-corrected chi connectivity index (χ2v) is 7.79. The molecular formula is C20H25N3O. The zero-order chi connectivity index (χ0) is 16.7. The number of aryl methyl sites for hydroxylation is 1. The molecule has 0 aromatic heterocycles. The van der Waals surface area contributed by atoms with Crippen LogP contribution >= 0.6 is 0 Å². The van der Waals surface area contributed by atoms with Crippen LogP contribution in [-0.2, 0) is 11.2 Å². The van der Waals surface area contributed by atoms with Crippen LogP contribution in [-0.4, -0.2) is 28.9 Å². The minimum atomic E-state index is -0.695. The van der Waals surface area contributed by atoms with Crippen LogP contribution in [0.25, 0.3) is 0 Å².